The first-order chi connectivity index (χ1) is 12.5. The van der Waals surface area contributed by atoms with E-state index in [1.54, 1.807) is 26.4 Å². The third-order valence-corrected chi connectivity index (χ3v) is 3.99. The summed E-state index contributed by atoms with van der Waals surface area (Å²) in [6.45, 7) is 0.801. The number of ether oxygens (including phenoxy) is 2. The molecule has 0 unspecified atom stereocenters. The van der Waals surface area contributed by atoms with Crippen LogP contribution in [0.3, 0.4) is 0 Å². The number of likely N-dealkylation sites (N-methyl/N-ethyl adjacent to an activating group) is 1. The van der Waals surface area contributed by atoms with Crippen molar-refractivity contribution in [1.29, 1.82) is 0 Å². The fourth-order valence-corrected chi connectivity index (χ4v) is 2.69. The van der Waals surface area contributed by atoms with Gasteiger partial charge in [-0.05, 0) is 23.8 Å². The van der Waals surface area contributed by atoms with Gasteiger partial charge in [-0.2, -0.15) is 0 Å². The first-order valence-electron chi connectivity index (χ1n) is 8.58. The van der Waals surface area contributed by atoms with Gasteiger partial charge in [0.25, 0.3) is 0 Å². The molecule has 0 fully saturated rings. The molecule has 5 heteroatoms. The van der Waals surface area contributed by atoms with E-state index in [-0.39, 0.29) is 11.9 Å². The van der Waals surface area contributed by atoms with Gasteiger partial charge in [-0.1, -0.05) is 30.3 Å². The molecule has 0 radical (unpaired) electrons. The van der Waals surface area contributed by atoms with Crippen molar-refractivity contribution in [2.45, 2.75) is 6.04 Å². The number of amides is 1. The molecule has 0 bridgehead atoms. The molecule has 1 atom stereocenters. The van der Waals surface area contributed by atoms with Crippen molar-refractivity contribution < 1.29 is 19.2 Å². The number of carbonyl (C=O) groups is 1. The Labute approximate surface area is 155 Å². The lowest BCUT2D eigenvalue weighted by Crippen LogP contribution is -3.06. The summed E-state index contributed by atoms with van der Waals surface area (Å²) in [6.07, 6.45) is 3.28. The van der Waals surface area contributed by atoms with Gasteiger partial charge in [0.1, 0.15) is 24.1 Å². The fourth-order valence-electron chi connectivity index (χ4n) is 2.69. The Morgan fingerprint density at radius 1 is 1.12 bits per heavy atom. The zero-order valence-corrected chi connectivity index (χ0v) is 15.8. The van der Waals surface area contributed by atoms with Crippen LogP contribution in [0.25, 0.3) is 6.08 Å². The average Bonchev–Trinajstić information content (AvgIpc) is 2.66. The molecular weight excluding hydrogens is 328 g/mol. The van der Waals surface area contributed by atoms with Gasteiger partial charge in [-0.15, -0.1) is 0 Å². The lowest BCUT2D eigenvalue weighted by atomic mass is 10.1. The number of rotatable bonds is 8. The summed E-state index contributed by atoms with van der Waals surface area (Å²) in [5.74, 6) is 1.23. The third-order valence-electron chi connectivity index (χ3n) is 3.99. The lowest BCUT2D eigenvalue weighted by molar-refractivity contribution is -0.860. The van der Waals surface area contributed by atoms with Gasteiger partial charge >= 0.3 is 0 Å². The van der Waals surface area contributed by atoms with E-state index in [4.69, 9.17) is 9.47 Å². The third kappa shape index (κ3) is 5.63. The molecule has 2 aromatic carbocycles. The molecule has 26 heavy (non-hydrogen) atoms. The van der Waals surface area contributed by atoms with Crippen LogP contribution in [-0.4, -0.2) is 40.8 Å². The van der Waals surface area contributed by atoms with E-state index in [0.717, 1.165) is 17.7 Å². The molecule has 1 amide bonds. The quantitative estimate of drug-likeness (QED) is 0.709. The van der Waals surface area contributed by atoms with E-state index >= 15 is 0 Å². The van der Waals surface area contributed by atoms with Crippen molar-refractivity contribution in [1.82, 2.24) is 5.32 Å². The average molecular weight is 355 g/mol. The zero-order valence-electron chi connectivity index (χ0n) is 15.8. The second kappa shape index (κ2) is 9.63. The number of nitrogens with one attached hydrogen (secondary N) is 2. The van der Waals surface area contributed by atoms with Crippen LogP contribution in [-0.2, 0) is 4.79 Å². The number of hydrogen-bond donors (Lipinski definition) is 2. The summed E-state index contributed by atoms with van der Waals surface area (Å²) in [5.41, 5.74) is 1.91. The Morgan fingerprint density at radius 2 is 1.85 bits per heavy atom. The van der Waals surface area contributed by atoms with Crippen LogP contribution in [0, 0.1) is 0 Å². The molecule has 138 valence electrons. The van der Waals surface area contributed by atoms with Crippen molar-refractivity contribution in [3.8, 4) is 11.5 Å². The molecule has 0 saturated carbocycles. The van der Waals surface area contributed by atoms with E-state index in [1.807, 2.05) is 42.5 Å². The summed E-state index contributed by atoms with van der Waals surface area (Å²) < 4.78 is 10.5. The minimum Gasteiger partial charge on any atom is -0.497 e. The molecular formula is C21H27N2O3+. The largest absolute Gasteiger partial charge is 0.497 e. The molecule has 2 N–H and O–H groups in total. The maximum absolute atomic E-state index is 12.4. The molecule has 2 rings (SSSR count). The van der Waals surface area contributed by atoms with E-state index in [1.165, 1.54) is 11.0 Å². The molecule has 2 aromatic rings. The van der Waals surface area contributed by atoms with Crippen molar-refractivity contribution in [3.05, 3.63) is 65.7 Å². The normalized spacial score (nSPS) is 12.2. The molecule has 5 nitrogen and oxygen atoms in total. The Hall–Kier alpha value is -2.79. The Morgan fingerprint density at radius 3 is 2.46 bits per heavy atom. The van der Waals surface area contributed by atoms with Crippen LogP contribution in [0.15, 0.2) is 54.6 Å². The Balaban J connectivity index is 2.11. The number of quaternary nitrogens is 1. The summed E-state index contributed by atoms with van der Waals surface area (Å²) in [6, 6.07) is 15.4. The molecule has 0 saturated heterocycles. The molecule has 0 aliphatic rings. The van der Waals surface area contributed by atoms with Crippen molar-refractivity contribution in [2.24, 2.45) is 0 Å². The fraction of sp³-hybridized carbons (Fsp3) is 0.286. The highest BCUT2D eigenvalue weighted by Crippen LogP contribution is 2.25. The molecule has 0 heterocycles. The predicted octanol–water partition coefficient (Wildman–Crippen LogP) is 1.72. The standard InChI is InChI=1S/C21H26N2O3/c1-23(2)15-19(16-8-6-5-7-9-16)22-21(24)13-11-17-10-12-18(25-3)14-20(17)26-4/h5-14,19H,15H2,1-4H3,(H,22,24)/p+1/b13-11+/t19-/m1/s1. The number of methoxy groups -OCH3 is 2. The van der Waals surface area contributed by atoms with E-state index in [0.29, 0.717) is 11.5 Å². The van der Waals surface area contributed by atoms with Gasteiger partial charge in [0.15, 0.2) is 0 Å². The van der Waals surface area contributed by atoms with E-state index < -0.39 is 0 Å². The van der Waals surface area contributed by atoms with E-state index in [2.05, 4.69) is 19.4 Å². The highest BCUT2D eigenvalue weighted by atomic mass is 16.5. The molecule has 0 aliphatic heterocycles. The van der Waals surface area contributed by atoms with Gasteiger partial charge < -0.3 is 19.7 Å². The van der Waals surface area contributed by atoms with Crippen molar-refractivity contribution in [2.75, 3.05) is 34.9 Å². The summed E-state index contributed by atoms with van der Waals surface area (Å²) in [4.78, 5) is 13.7. The topological polar surface area (TPSA) is 52.0 Å². The molecule has 0 spiro atoms. The smallest absolute Gasteiger partial charge is 0.244 e. The molecule has 0 aromatic heterocycles. The highest BCUT2D eigenvalue weighted by Gasteiger charge is 2.16. The van der Waals surface area contributed by atoms with Crippen LogP contribution in [0.4, 0.5) is 0 Å². The van der Waals surface area contributed by atoms with Gasteiger partial charge in [0, 0.05) is 17.7 Å². The number of carbonyl (C=O) groups excluding carboxylic acids is 1. The van der Waals surface area contributed by atoms with Gasteiger partial charge in [-0.25, -0.2) is 0 Å². The minimum absolute atomic E-state index is 0.0453. The number of hydrogen-bond acceptors (Lipinski definition) is 3. The summed E-state index contributed by atoms with van der Waals surface area (Å²) in [7, 11) is 7.34. The van der Waals surface area contributed by atoms with Crippen molar-refractivity contribution in [3.63, 3.8) is 0 Å². The highest BCUT2D eigenvalue weighted by molar-refractivity contribution is 5.92. The van der Waals surface area contributed by atoms with Gasteiger partial charge in [0.05, 0.1) is 28.3 Å². The van der Waals surface area contributed by atoms with Gasteiger partial charge in [-0.3, -0.25) is 4.79 Å². The summed E-state index contributed by atoms with van der Waals surface area (Å²) in [5, 5.41) is 3.08. The maximum Gasteiger partial charge on any atom is 0.244 e. The second-order valence-corrected chi connectivity index (χ2v) is 6.32. The van der Waals surface area contributed by atoms with Gasteiger partial charge in [0.2, 0.25) is 5.91 Å². The first-order valence-corrected chi connectivity index (χ1v) is 8.58. The van der Waals surface area contributed by atoms with Crippen LogP contribution >= 0.6 is 0 Å². The van der Waals surface area contributed by atoms with Crippen LogP contribution in [0.1, 0.15) is 17.2 Å². The second-order valence-electron chi connectivity index (χ2n) is 6.32. The number of benzene rings is 2. The van der Waals surface area contributed by atoms with Crippen LogP contribution in [0.5, 0.6) is 11.5 Å². The first kappa shape index (κ1) is 19.5. The monoisotopic (exact) mass is 355 g/mol. The SMILES string of the molecule is COc1ccc(/C=C/C(=O)N[C@H](C[NH+](C)C)c2ccccc2)c(OC)c1. The Bertz CT molecular complexity index is 742. The Kier molecular flexibility index (Phi) is 7.24. The van der Waals surface area contributed by atoms with Crippen LogP contribution < -0.4 is 19.7 Å². The summed E-state index contributed by atoms with van der Waals surface area (Å²) >= 11 is 0. The molecule has 0 aliphatic carbocycles. The lowest BCUT2D eigenvalue weighted by Gasteiger charge is -2.20. The predicted molar refractivity (Wildman–Crippen MR) is 104 cm³/mol. The zero-order chi connectivity index (χ0) is 18.9. The van der Waals surface area contributed by atoms with Crippen LogP contribution in [0.2, 0.25) is 0 Å². The minimum atomic E-state index is -0.141. The maximum atomic E-state index is 12.4. The van der Waals surface area contributed by atoms with Crippen molar-refractivity contribution >= 4 is 12.0 Å². The van der Waals surface area contributed by atoms with E-state index in [9.17, 15) is 4.79 Å².